The van der Waals surface area contributed by atoms with E-state index in [0.29, 0.717) is 6.61 Å². The van der Waals surface area contributed by atoms with Crippen LogP contribution < -0.4 is 0 Å². The maximum absolute atomic E-state index is 5.65. The average molecular weight is 321 g/mol. The van der Waals surface area contributed by atoms with Crippen molar-refractivity contribution in [2.24, 2.45) is 0 Å². The molecule has 2 heterocycles. The summed E-state index contributed by atoms with van der Waals surface area (Å²) in [6.45, 7) is 4.46. The molecule has 3 rings (SSSR count). The first-order valence-electron chi connectivity index (χ1n) is 8.43. The molecule has 0 N–H and O–H groups in total. The van der Waals surface area contributed by atoms with Crippen molar-refractivity contribution in [1.82, 2.24) is 14.8 Å². The van der Waals surface area contributed by atoms with Gasteiger partial charge in [0, 0.05) is 36.3 Å². The molecule has 4 nitrogen and oxygen atoms in total. The summed E-state index contributed by atoms with van der Waals surface area (Å²) in [6, 6.07) is 12.5. The van der Waals surface area contributed by atoms with E-state index in [1.54, 1.807) is 6.20 Å². The van der Waals surface area contributed by atoms with Crippen LogP contribution in [-0.4, -0.2) is 21.4 Å². The molecule has 0 saturated carbocycles. The van der Waals surface area contributed by atoms with Crippen LogP contribution in [0.4, 0.5) is 0 Å². The lowest BCUT2D eigenvalue weighted by Crippen LogP contribution is -2.00. The molecule has 124 valence electrons. The highest BCUT2D eigenvalue weighted by Crippen LogP contribution is 2.17. The summed E-state index contributed by atoms with van der Waals surface area (Å²) >= 11 is 0. The molecule has 0 amide bonds. The van der Waals surface area contributed by atoms with Crippen molar-refractivity contribution in [3.63, 3.8) is 0 Å². The number of unbranched alkanes of at least 4 members (excludes halogenated alkanes) is 1. The zero-order valence-corrected chi connectivity index (χ0v) is 14.1. The van der Waals surface area contributed by atoms with Crippen LogP contribution in [0.1, 0.15) is 30.9 Å². The largest absolute Gasteiger partial charge is 0.377 e. The minimum Gasteiger partial charge on any atom is -0.377 e. The standard InChI is InChI=1S/C20H23N3O/c1-2-3-11-24-16-18-8-6-17(7-9-18)14-23-15-20(13-22-23)19-5-4-10-21-12-19/h4-10,12-13,15H,2-3,11,14,16H2,1H3. The summed E-state index contributed by atoms with van der Waals surface area (Å²) in [6.07, 6.45) is 9.86. The molecule has 4 heteroatoms. The molecule has 0 aliphatic heterocycles. The second-order valence-corrected chi connectivity index (χ2v) is 5.89. The first kappa shape index (κ1) is 16.4. The molecule has 1 aromatic carbocycles. The van der Waals surface area contributed by atoms with E-state index in [9.17, 15) is 0 Å². The van der Waals surface area contributed by atoms with Gasteiger partial charge in [0.25, 0.3) is 0 Å². The molecule has 0 radical (unpaired) electrons. The summed E-state index contributed by atoms with van der Waals surface area (Å²) in [5.41, 5.74) is 4.62. The van der Waals surface area contributed by atoms with Crippen molar-refractivity contribution < 1.29 is 4.74 Å². The topological polar surface area (TPSA) is 39.9 Å². The van der Waals surface area contributed by atoms with Crippen LogP contribution in [0.15, 0.2) is 61.2 Å². The Hall–Kier alpha value is -2.46. The lowest BCUT2D eigenvalue weighted by atomic mass is 10.1. The maximum atomic E-state index is 5.65. The van der Waals surface area contributed by atoms with E-state index in [1.807, 2.05) is 29.2 Å². The first-order valence-corrected chi connectivity index (χ1v) is 8.43. The fraction of sp³-hybridized carbons (Fsp3) is 0.300. The quantitative estimate of drug-likeness (QED) is 0.580. The fourth-order valence-corrected chi connectivity index (χ4v) is 2.50. The summed E-state index contributed by atoms with van der Waals surface area (Å²) in [7, 11) is 0. The Morgan fingerprint density at radius 1 is 1.00 bits per heavy atom. The van der Waals surface area contributed by atoms with Crippen molar-refractivity contribution in [3.05, 3.63) is 72.3 Å². The first-order chi connectivity index (χ1) is 11.8. The molecule has 0 spiro atoms. The number of hydrogen-bond donors (Lipinski definition) is 0. The van der Waals surface area contributed by atoms with Gasteiger partial charge in [0.05, 0.1) is 19.3 Å². The van der Waals surface area contributed by atoms with Crippen molar-refractivity contribution in [2.75, 3.05) is 6.61 Å². The summed E-state index contributed by atoms with van der Waals surface area (Å²) in [5.74, 6) is 0. The van der Waals surface area contributed by atoms with E-state index in [4.69, 9.17) is 4.74 Å². The molecule has 0 aliphatic rings. The van der Waals surface area contributed by atoms with Gasteiger partial charge in [-0.1, -0.05) is 43.7 Å². The third kappa shape index (κ3) is 4.52. The van der Waals surface area contributed by atoms with E-state index in [1.165, 1.54) is 17.5 Å². The normalized spacial score (nSPS) is 10.9. The van der Waals surface area contributed by atoms with Crippen LogP contribution >= 0.6 is 0 Å². The minimum absolute atomic E-state index is 0.688. The van der Waals surface area contributed by atoms with Gasteiger partial charge in [-0.2, -0.15) is 5.10 Å². The molecular formula is C20H23N3O. The highest BCUT2D eigenvalue weighted by atomic mass is 16.5. The summed E-state index contributed by atoms with van der Waals surface area (Å²) in [5, 5.41) is 4.44. The highest BCUT2D eigenvalue weighted by molar-refractivity contribution is 5.60. The molecule has 0 bridgehead atoms. The van der Waals surface area contributed by atoms with Gasteiger partial charge < -0.3 is 4.74 Å². The van der Waals surface area contributed by atoms with Crippen molar-refractivity contribution in [1.29, 1.82) is 0 Å². The van der Waals surface area contributed by atoms with Crippen LogP contribution in [-0.2, 0) is 17.9 Å². The molecule has 3 aromatic rings. The zero-order chi connectivity index (χ0) is 16.6. The number of rotatable bonds is 8. The summed E-state index contributed by atoms with van der Waals surface area (Å²) < 4.78 is 7.60. The van der Waals surface area contributed by atoms with Gasteiger partial charge in [-0.3, -0.25) is 9.67 Å². The highest BCUT2D eigenvalue weighted by Gasteiger charge is 2.03. The molecule has 0 atom stereocenters. The second kappa shape index (κ2) is 8.41. The number of hydrogen-bond acceptors (Lipinski definition) is 3. The number of aromatic nitrogens is 3. The lowest BCUT2D eigenvalue weighted by molar-refractivity contribution is 0.118. The Morgan fingerprint density at radius 2 is 1.83 bits per heavy atom. The van der Waals surface area contributed by atoms with Crippen molar-refractivity contribution >= 4 is 0 Å². The number of nitrogens with zero attached hydrogens (tertiary/aromatic N) is 3. The van der Waals surface area contributed by atoms with E-state index >= 15 is 0 Å². The van der Waals surface area contributed by atoms with Crippen LogP contribution in [0.5, 0.6) is 0 Å². The number of ether oxygens (including phenoxy) is 1. The van der Waals surface area contributed by atoms with Crippen LogP contribution in [0, 0.1) is 0 Å². The zero-order valence-electron chi connectivity index (χ0n) is 14.1. The summed E-state index contributed by atoms with van der Waals surface area (Å²) in [4.78, 5) is 4.15. The van der Waals surface area contributed by atoms with Gasteiger partial charge in [-0.05, 0) is 23.6 Å². The SMILES string of the molecule is CCCCOCc1ccc(Cn2cc(-c3cccnc3)cn2)cc1. The van der Waals surface area contributed by atoms with E-state index < -0.39 is 0 Å². The van der Waals surface area contributed by atoms with Gasteiger partial charge in [0.15, 0.2) is 0 Å². The molecule has 0 unspecified atom stereocenters. The van der Waals surface area contributed by atoms with Gasteiger partial charge in [-0.25, -0.2) is 0 Å². The Bertz CT molecular complexity index is 735. The fourth-order valence-electron chi connectivity index (χ4n) is 2.50. The van der Waals surface area contributed by atoms with Crippen LogP contribution in [0.2, 0.25) is 0 Å². The van der Waals surface area contributed by atoms with Gasteiger partial charge in [0.2, 0.25) is 0 Å². The Labute approximate surface area is 143 Å². The lowest BCUT2D eigenvalue weighted by Gasteiger charge is -2.06. The van der Waals surface area contributed by atoms with Crippen LogP contribution in [0.3, 0.4) is 0 Å². The molecular weight excluding hydrogens is 298 g/mol. The molecule has 2 aromatic heterocycles. The Morgan fingerprint density at radius 3 is 2.58 bits per heavy atom. The van der Waals surface area contributed by atoms with Gasteiger partial charge in [0.1, 0.15) is 0 Å². The van der Waals surface area contributed by atoms with Gasteiger partial charge >= 0.3 is 0 Å². The molecule has 0 aliphatic carbocycles. The monoisotopic (exact) mass is 321 g/mol. The molecule has 0 saturated heterocycles. The van der Waals surface area contributed by atoms with E-state index in [2.05, 4.69) is 47.5 Å². The van der Waals surface area contributed by atoms with Gasteiger partial charge in [-0.15, -0.1) is 0 Å². The average Bonchev–Trinajstić information content (AvgIpc) is 3.09. The number of pyridine rings is 1. The third-order valence-electron chi connectivity index (χ3n) is 3.91. The molecule has 0 fully saturated rings. The minimum atomic E-state index is 0.688. The van der Waals surface area contributed by atoms with E-state index in [-0.39, 0.29) is 0 Å². The van der Waals surface area contributed by atoms with Crippen molar-refractivity contribution in [2.45, 2.75) is 32.9 Å². The van der Waals surface area contributed by atoms with Crippen LogP contribution in [0.25, 0.3) is 11.1 Å². The predicted octanol–water partition coefficient (Wildman–Crippen LogP) is 4.31. The Kier molecular flexibility index (Phi) is 5.75. The number of benzene rings is 1. The predicted molar refractivity (Wildman–Crippen MR) is 95.6 cm³/mol. The third-order valence-corrected chi connectivity index (χ3v) is 3.91. The van der Waals surface area contributed by atoms with Crippen molar-refractivity contribution in [3.8, 4) is 11.1 Å². The van der Waals surface area contributed by atoms with E-state index in [0.717, 1.165) is 30.7 Å². The second-order valence-electron chi connectivity index (χ2n) is 5.89. The Balaban J connectivity index is 1.57. The molecule has 24 heavy (non-hydrogen) atoms. The smallest absolute Gasteiger partial charge is 0.0716 e. The maximum Gasteiger partial charge on any atom is 0.0716 e.